The second-order valence-corrected chi connectivity index (χ2v) is 6.18. The van der Waals surface area contributed by atoms with Crippen molar-refractivity contribution in [3.63, 3.8) is 0 Å². The predicted octanol–water partition coefficient (Wildman–Crippen LogP) is 5.55. The Labute approximate surface area is 133 Å². The van der Waals surface area contributed by atoms with Crippen molar-refractivity contribution in [2.75, 3.05) is 0 Å². The third kappa shape index (κ3) is 2.53. The minimum atomic E-state index is 0.880. The standard InChI is InChI=1S/C20H15NS/c1-2-8-16(9-3-1)20-21-18(14-22-20)13-17-11-6-10-15-7-4-5-12-19(15)17/h1-12,14H,13H2. The molecule has 22 heavy (non-hydrogen) atoms. The fourth-order valence-corrected chi connectivity index (χ4v) is 3.57. The van der Waals surface area contributed by atoms with Gasteiger partial charge in [0.05, 0.1) is 5.69 Å². The predicted molar refractivity (Wildman–Crippen MR) is 94.3 cm³/mol. The van der Waals surface area contributed by atoms with E-state index in [1.54, 1.807) is 11.3 Å². The van der Waals surface area contributed by atoms with Crippen molar-refractivity contribution in [2.24, 2.45) is 0 Å². The second-order valence-electron chi connectivity index (χ2n) is 5.33. The average molecular weight is 301 g/mol. The summed E-state index contributed by atoms with van der Waals surface area (Å²) in [7, 11) is 0. The van der Waals surface area contributed by atoms with Gasteiger partial charge in [0.1, 0.15) is 5.01 Å². The van der Waals surface area contributed by atoms with Gasteiger partial charge in [-0.3, -0.25) is 0 Å². The van der Waals surface area contributed by atoms with Crippen molar-refractivity contribution in [3.8, 4) is 10.6 Å². The number of fused-ring (bicyclic) bond motifs is 1. The zero-order valence-electron chi connectivity index (χ0n) is 12.1. The maximum atomic E-state index is 4.80. The van der Waals surface area contributed by atoms with Crippen LogP contribution < -0.4 is 0 Å². The van der Waals surface area contributed by atoms with E-state index >= 15 is 0 Å². The lowest BCUT2D eigenvalue weighted by atomic mass is 10.0. The molecule has 2 heteroatoms. The van der Waals surface area contributed by atoms with Crippen LogP contribution in [0.2, 0.25) is 0 Å². The van der Waals surface area contributed by atoms with Gasteiger partial charge in [-0.1, -0.05) is 72.8 Å². The Balaban J connectivity index is 1.68. The van der Waals surface area contributed by atoms with Gasteiger partial charge in [-0.2, -0.15) is 0 Å². The number of nitrogens with zero attached hydrogens (tertiary/aromatic N) is 1. The smallest absolute Gasteiger partial charge is 0.123 e. The zero-order valence-corrected chi connectivity index (χ0v) is 12.9. The van der Waals surface area contributed by atoms with Gasteiger partial charge in [-0.25, -0.2) is 4.98 Å². The van der Waals surface area contributed by atoms with Crippen LogP contribution in [0.15, 0.2) is 78.2 Å². The Morgan fingerprint density at radius 2 is 1.55 bits per heavy atom. The Morgan fingerprint density at radius 1 is 0.773 bits per heavy atom. The lowest BCUT2D eigenvalue weighted by Gasteiger charge is -2.04. The molecule has 1 nitrogen and oxygen atoms in total. The van der Waals surface area contributed by atoms with E-state index in [1.807, 2.05) is 6.07 Å². The lowest BCUT2D eigenvalue weighted by molar-refractivity contribution is 1.12. The molecule has 0 radical (unpaired) electrons. The topological polar surface area (TPSA) is 12.9 Å². The number of rotatable bonds is 3. The lowest BCUT2D eigenvalue weighted by Crippen LogP contribution is -1.90. The maximum Gasteiger partial charge on any atom is 0.123 e. The van der Waals surface area contributed by atoms with Crippen LogP contribution >= 0.6 is 11.3 Å². The third-order valence-electron chi connectivity index (χ3n) is 3.82. The fraction of sp³-hybridized carbons (Fsp3) is 0.0500. The number of thiazole rings is 1. The van der Waals surface area contributed by atoms with Crippen molar-refractivity contribution in [1.29, 1.82) is 0 Å². The van der Waals surface area contributed by atoms with Crippen molar-refractivity contribution >= 4 is 22.1 Å². The average Bonchev–Trinajstić information content (AvgIpc) is 3.05. The molecule has 1 aromatic heterocycles. The van der Waals surface area contributed by atoms with Gasteiger partial charge in [0.15, 0.2) is 0 Å². The molecule has 0 unspecified atom stereocenters. The van der Waals surface area contributed by atoms with E-state index in [0.717, 1.165) is 17.1 Å². The molecule has 0 aliphatic heterocycles. The number of hydrogen-bond acceptors (Lipinski definition) is 2. The van der Waals surface area contributed by atoms with Crippen LogP contribution in [0, 0.1) is 0 Å². The molecule has 4 aromatic rings. The first-order chi connectivity index (χ1) is 10.9. The molecular weight excluding hydrogens is 286 g/mol. The van der Waals surface area contributed by atoms with E-state index in [4.69, 9.17) is 4.98 Å². The Morgan fingerprint density at radius 3 is 2.45 bits per heavy atom. The van der Waals surface area contributed by atoms with Crippen LogP contribution in [0.4, 0.5) is 0 Å². The zero-order chi connectivity index (χ0) is 14.8. The van der Waals surface area contributed by atoms with Gasteiger partial charge < -0.3 is 0 Å². The van der Waals surface area contributed by atoms with Crippen LogP contribution in [0.1, 0.15) is 11.3 Å². The van der Waals surface area contributed by atoms with E-state index in [2.05, 4.69) is 72.1 Å². The quantitative estimate of drug-likeness (QED) is 0.483. The van der Waals surface area contributed by atoms with Gasteiger partial charge in [0.2, 0.25) is 0 Å². The maximum absolute atomic E-state index is 4.80. The van der Waals surface area contributed by atoms with Crippen LogP contribution in [0.25, 0.3) is 21.3 Å². The van der Waals surface area contributed by atoms with Crippen molar-refractivity contribution in [3.05, 3.63) is 89.4 Å². The van der Waals surface area contributed by atoms with Crippen molar-refractivity contribution in [2.45, 2.75) is 6.42 Å². The van der Waals surface area contributed by atoms with Crippen molar-refractivity contribution in [1.82, 2.24) is 4.98 Å². The third-order valence-corrected chi connectivity index (χ3v) is 4.76. The monoisotopic (exact) mass is 301 g/mol. The number of aromatic nitrogens is 1. The molecular formula is C20H15NS. The molecule has 0 aliphatic rings. The molecule has 0 bridgehead atoms. The summed E-state index contributed by atoms with van der Waals surface area (Å²) in [5.41, 5.74) is 3.67. The summed E-state index contributed by atoms with van der Waals surface area (Å²) in [6, 6.07) is 25.4. The van der Waals surface area contributed by atoms with E-state index in [1.165, 1.54) is 21.9 Å². The summed E-state index contributed by atoms with van der Waals surface area (Å²) in [4.78, 5) is 4.80. The van der Waals surface area contributed by atoms with E-state index < -0.39 is 0 Å². The van der Waals surface area contributed by atoms with Gasteiger partial charge in [0.25, 0.3) is 0 Å². The summed E-state index contributed by atoms with van der Waals surface area (Å²) in [5.74, 6) is 0. The van der Waals surface area contributed by atoms with Gasteiger partial charge in [0, 0.05) is 17.4 Å². The Kier molecular flexibility index (Phi) is 3.45. The minimum absolute atomic E-state index is 0.880. The first kappa shape index (κ1) is 13.2. The molecule has 0 amide bonds. The van der Waals surface area contributed by atoms with Crippen LogP contribution in [-0.4, -0.2) is 4.98 Å². The molecule has 0 atom stereocenters. The highest BCUT2D eigenvalue weighted by Crippen LogP contribution is 2.26. The Hall–Kier alpha value is -2.45. The van der Waals surface area contributed by atoms with Crippen LogP contribution in [0.3, 0.4) is 0 Å². The minimum Gasteiger partial charge on any atom is -0.241 e. The van der Waals surface area contributed by atoms with Gasteiger partial charge in [-0.05, 0) is 16.3 Å². The SMILES string of the molecule is c1ccc(-c2nc(Cc3cccc4ccccc34)cs2)cc1. The van der Waals surface area contributed by atoms with E-state index in [0.29, 0.717) is 0 Å². The van der Waals surface area contributed by atoms with Gasteiger partial charge >= 0.3 is 0 Å². The second kappa shape index (κ2) is 5.74. The molecule has 0 saturated heterocycles. The molecule has 0 saturated carbocycles. The fourth-order valence-electron chi connectivity index (χ4n) is 2.74. The molecule has 4 rings (SSSR count). The molecule has 0 aliphatic carbocycles. The molecule has 0 N–H and O–H groups in total. The molecule has 3 aromatic carbocycles. The van der Waals surface area contributed by atoms with Crippen LogP contribution in [-0.2, 0) is 6.42 Å². The van der Waals surface area contributed by atoms with E-state index in [9.17, 15) is 0 Å². The van der Waals surface area contributed by atoms with E-state index in [-0.39, 0.29) is 0 Å². The largest absolute Gasteiger partial charge is 0.241 e. The number of benzene rings is 3. The summed E-state index contributed by atoms with van der Waals surface area (Å²) in [5, 5.41) is 5.87. The summed E-state index contributed by atoms with van der Waals surface area (Å²) in [6.07, 6.45) is 0.880. The van der Waals surface area contributed by atoms with Crippen molar-refractivity contribution < 1.29 is 0 Å². The summed E-state index contributed by atoms with van der Waals surface area (Å²) in [6.45, 7) is 0. The summed E-state index contributed by atoms with van der Waals surface area (Å²) < 4.78 is 0. The summed E-state index contributed by atoms with van der Waals surface area (Å²) >= 11 is 1.72. The highest BCUT2D eigenvalue weighted by Gasteiger charge is 2.07. The molecule has 106 valence electrons. The molecule has 0 spiro atoms. The normalized spacial score (nSPS) is 10.9. The Bertz CT molecular complexity index is 904. The first-order valence-electron chi connectivity index (χ1n) is 7.36. The van der Waals surface area contributed by atoms with Crippen LogP contribution in [0.5, 0.6) is 0 Å². The highest BCUT2D eigenvalue weighted by atomic mass is 32.1. The highest BCUT2D eigenvalue weighted by molar-refractivity contribution is 7.13. The molecule has 1 heterocycles. The molecule has 0 fully saturated rings. The van der Waals surface area contributed by atoms with Gasteiger partial charge in [-0.15, -0.1) is 11.3 Å². The number of hydrogen-bond donors (Lipinski definition) is 0. The first-order valence-corrected chi connectivity index (χ1v) is 8.24.